The van der Waals surface area contributed by atoms with Crippen molar-refractivity contribution in [2.75, 3.05) is 39.3 Å². The molecule has 17 heavy (non-hydrogen) atoms. The van der Waals surface area contributed by atoms with E-state index in [1.165, 1.54) is 51.7 Å². The molecule has 1 fully saturated rings. The Hall–Kier alpha value is 0.979. The monoisotopic (exact) mass is 324 g/mol. The number of hydrogen-bond donors (Lipinski definition) is 3. The molecule has 0 unspecified atom stereocenters. The third-order valence-electron chi connectivity index (χ3n) is 2.64. The quantitative estimate of drug-likeness (QED) is 0.390. The Morgan fingerprint density at radius 1 is 0.412 bits per heavy atom. The summed E-state index contributed by atoms with van der Waals surface area (Å²) in [5.41, 5.74) is 0. The molecular weight excluding hydrogens is 300 g/mol. The second-order valence-electron chi connectivity index (χ2n) is 4.02. The summed E-state index contributed by atoms with van der Waals surface area (Å²) in [6.07, 6.45) is 6.68. The molecule has 1 rings (SSSR count). The van der Waals surface area contributed by atoms with Gasteiger partial charge >= 0.3 is 17.1 Å². The maximum absolute atomic E-state index is 3.48. The van der Waals surface area contributed by atoms with E-state index in [9.17, 15) is 0 Å². The van der Waals surface area contributed by atoms with Gasteiger partial charge in [-0.3, -0.25) is 0 Å². The van der Waals surface area contributed by atoms with Crippen molar-refractivity contribution in [2.45, 2.75) is 32.1 Å². The van der Waals surface area contributed by atoms with Crippen LogP contribution in [0.3, 0.4) is 0 Å². The summed E-state index contributed by atoms with van der Waals surface area (Å²) in [7, 11) is 0. The van der Waals surface area contributed by atoms with E-state index < -0.39 is 0 Å². The van der Waals surface area contributed by atoms with Crippen LogP contribution in [0.15, 0.2) is 0 Å². The third-order valence-corrected chi connectivity index (χ3v) is 2.64. The number of nitrogens with one attached hydrogen (secondary N) is 3. The SMILES string of the molecule is C1CCCNCCNCCCNCC1.[Cl-].[Cl-].[Mn+2]. The van der Waals surface area contributed by atoms with Gasteiger partial charge in [-0.25, -0.2) is 0 Å². The van der Waals surface area contributed by atoms with Crippen molar-refractivity contribution in [1.82, 2.24) is 16.0 Å². The van der Waals surface area contributed by atoms with Gasteiger partial charge in [0.25, 0.3) is 0 Å². The minimum absolute atomic E-state index is 0. The van der Waals surface area contributed by atoms with Crippen LogP contribution in [0.2, 0.25) is 0 Å². The molecule has 3 nitrogen and oxygen atoms in total. The molecule has 0 aliphatic carbocycles. The topological polar surface area (TPSA) is 36.1 Å². The molecule has 1 radical (unpaired) electrons. The van der Waals surface area contributed by atoms with Crippen LogP contribution < -0.4 is 40.8 Å². The van der Waals surface area contributed by atoms with Crippen LogP contribution in [-0.2, 0) is 17.1 Å². The number of hydrogen-bond acceptors (Lipinski definition) is 3. The van der Waals surface area contributed by atoms with Gasteiger partial charge in [0.2, 0.25) is 0 Å². The summed E-state index contributed by atoms with van der Waals surface area (Å²) in [6, 6.07) is 0. The van der Waals surface area contributed by atoms with Crippen LogP contribution >= 0.6 is 0 Å². The Morgan fingerprint density at radius 3 is 1.24 bits per heavy atom. The zero-order chi connectivity index (χ0) is 9.90. The van der Waals surface area contributed by atoms with Crippen LogP contribution in [0.4, 0.5) is 0 Å². The smallest absolute Gasteiger partial charge is 1.00 e. The fourth-order valence-corrected chi connectivity index (χ4v) is 1.74. The van der Waals surface area contributed by atoms with Gasteiger partial charge in [-0.1, -0.05) is 12.8 Å². The van der Waals surface area contributed by atoms with E-state index in [-0.39, 0.29) is 41.9 Å². The van der Waals surface area contributed by atoms with E-state index >= 15 is 0 Å². The van der Waals surface area contributed by atoms with Crippen molar-refractivity contribution in [3.05, 3.63) is 0 Å². The molecule has 1 heterocycles. The van der Waals surface area contributed by atoms with Gasteiger partial charge in [-0.2, -0.15) is 0 Å². The first-order valence-electron chi connectivity index (χ1n) is 6.12. The molecule has 0 aromatic carbocycles. The summed E-state index contributed by atoms with van der Waals surface area (Å²) in [5.74, 6) is 0. The Morgan fingerprint density at radius 2 is 0.765 bits per heavy atom. The van der Waals surface area contributed by atoms with Crippen LogP contribution in [0.1, 0.15) is 32.1 Å². The van der Waals surface area contributed by atoms with E-state index in [2.05, 4.69) is 16.0 Å². The summed E-state index contributed by atoms with van der Waals surface area (Å²) in [4.78, 5) is 0. The number of rotatable bonds is 0. The standard InChI is InChI=1S/C11H25N3.2ClH.Mn/c1-2-4-7-13-10-11-14-9-5-8-12-6-3-1;;;/h12-14H,1-11H2;2*1H;/q;;;+2/p-2. The molecule has 0 bridgehead atoms. The van der Waals surface area contributed by atoms with E-state index in [0.717, 1.165) is 19.6 Å². The summed E-state index contributed by atoms with van der Waals surface area (Å²) in [5, 5.41) is 10.4. The maximum Gasteiger partial charge on any atom is 2.00 e. The Labute approximate surface area is 129 Å². The summed E-state index contributed by atoms with van der Waals surface area (Å²) >= 11 is 0. The van der Waals surface area contributed by atoms with Crippen LogP contribution in [0.25, 0.3) is 0 Å². The first kappa shape index (κ1) is 23.1. The van der Waals surface area contributed by atoms with Crippen molar-refractivity contribution < 1.29 is 41.9 Å². The van der Waals surface area contributed by atoms with Crippen molar-refractivity contribution >= 4 is 0 Å². The molecule has 0 saturated carbocycles. The first-order chi connectivity index (χ1) is 7.00. The van der Waals surface area contributed by atoms with E-state index in [4.69, 9.17) is 0 Å². The average Bonchev–Trinajstić information content (AvgIpc) is 2.22. The van der Waals surface area contributed by atoms with Crippen LogP contribution in [0.5, 0.6) is 0 Å². The van der Waals surface area contributed by atoms with Gasteiger partial charge in [-0.05, 0) is 45.4 Å². The van der Waals surface area contributed by atoms with Gasteiger partial charge in [-0.15, -0.1) is 0 Å². The predicted molar refractivity (Wildman–Crippen MR) is 61.7 cm³/mol. The molecule has 0 aromatic rings. The number of halogens is 2. The Bertz CT molecular complexity index is 78.0. The van der Waals surface area contributed by atoms with Crippen molar-refractivity contribution in [2.24, 2.45) is 0 Å². The fraction of sp³-hybridized carbons (Fsp3) is 1.00. The van der Waals surface area contributed by atoms with Gasteiger partial charge < -0.3 is 40.8 Å². The van der Waals surface area contributed by atoms with Gasteiger partial charge in [0.15, 0.2) is 0 Å². The normalized spacial score (nSPS) is 19.8. The molecule has 1 saturated heterocycles. The molecule has 0 spiro atoms. The molecule has 1 aliphatic heterocycles. The fourth-order valence-electron chi connectivity index (χ4n) is 1.74. The molecule has 0 amide bonds. The maximum atomic E-state index is 3.48. The van der Waals surface area contributed by atoms with Gasteiger partial charge in [0.05, 0.1) is 0 Å². The van der Waals surface area contributed by atoms with Crippen molar-refractivity contribution in [1.29, 1.82) is 0 Å². The van der Waals surface area contributed by atoms with Gasteiger partial charge in [0.1, 0.15) is 0 Å². The molecule has 3 N–H and O–H groups in total. The van der Waals surface area contributed by atoms with Crippen molar-refractivity contribution in [3.63, 3.8) is 0 Å². The molecule has 0 atom stereocenters. The van der Waals surface area contributed by atoms with E-state index in [1.54, 1.807) is 0 Å². The van der Waals surface area contributed by atoms with E-state index in [0.29, 0.717) is 0 Å². The van der Waals surface area contributed by atoms with Crippen LogP contribution in [0, 0.1) is 0 Å². The largest absolute Gasteiger partial charge is 2.00 e. The van der Waals surface area contributed by atoms with Crippen molar-refractivity contribution in [3.8, 4) is 0 Å². The third kappa shape index (κ3) is 17.0. The minimum Gasteiger partial charge on any atom is -1.00 e. The summed E-state index contributed by atoms with van der Waals surface area (Å²) < 4.78 is 0. The zero-order valence-corrected chi connectivity index (χ0v) is 13.1. The molecule has 105 valence electrons. The average molecular weight is 325 g/mol. The molecular formula is C11H25Cl2MnN3. The molecule has 6 heteroatoms. The first-order valence-corrected chi connectivity index (χ1v) is 6.12. The minimum atomic E-state index is 0. The Kier molecular flexibility index (Phi) is 26.3. The zero-order valence-electron chi connectivity index (χ0n) is 10.4. The predicted octanol–water partition coefficient (Wildman–Crippen LogP) is -5.28. The van der Waals surface area contributed by atoms with E-state index in [1.807, 2.05) is 0 Å². The van der Waals surface area contributed by atoms with Crippen LogP contribution in [-0.4, -0.2) is 39.3 Å². The second kappa shape index (κ2) is 19.3. The molecule has 1 aliphatic rings. The molecule has 0 aromatic heterocycles. The summed E-state index contributed by atoms with van der Waals surface area (Å²) in [6.45, 7) is 6.94. The second-order valence-corrected chi connectivity index (χ2v) is 4.02. The Balaban J connectivity index is -0.000000653. The van der Waals surface area contributed by atoms with Gasteiger partial charge in [0, 0.05) is 13.1 Å².